The van der Waals surface area contributed by atoms with E-state index in [4.69, 9.17) is 0 Å². The molecule has 0 bridgehead atoms. The predicted molar refractivity (Wildman–Crippen MR) is 96.1 cm³/mol. The van der Waals surface area contributed by atoms with Crippen molar-refractivity contribution in [2.45, 2.75) is 45.7 Å². The number of hydrogen-bond acceptors (Lipinski definition) is 3. The molecule has 4 rings (SSSR count). The third kappa shape index (κ3) is 2.99. The molecule has 5 nitrogen and oxygen atoms in total. The Kier molecular flexibility index (Phi) is 4.15. The molecule has 0 saturated heterocycles. The molecular weight excluding hydrogens is 314 g/mol. The second-order valence-corrected chi connectivity index (χ2v) is 7.17. The highest BCUT2D eigenvalue weighted by Crippen LogP contribution is 2.30. The molecule has 0 atom stereocenters. The molecule has 1 fully saturated rings. The van der Waals surface area contributed by atoms with Crippen LogP contribution in [0.4, 0.5) is 0 Å². The molecule has 0 aromatic carbocycles. The van der Waals surface area contributed by atoms with Gasteiger partial charge in [0, 0.05) is 62.2 Å². The number of aromatic nitrogens is 2. The van der Waals surface area contributed by atoms with Crippen LogP contribution in [-0.4, -0.2) is 26.9 Å². The molecule has 0 spiro atoms. The average molecular weight is 337 g/mol. The van der Waals surface area contributed by atoms with Gasteiger partial charge in [-0.05, 0) is 36.5 Å². The molecule has 3 heterocycles. The fourth-order valence-corrected chi connectivity index (χ4v) is 3.84. The van der Waals surface area contributed by atoms with Gasteiger partial charge < -0.3 is 9.47 Å². The summed E-state index contributed by atoms with van der Waals surface area (Å²) >= 11 is 0. The lowest BCUT2D eigenvalue weighted by Crippen LogP contribution is -2.39. The normalized spacial score (nSPS) is 17.1. The van der Waals surface area contributed by atoms with Crippen LogP contribution in [0.5, 0.6) is 0 Å². The van der Waals surface area contributed by atoms with Crippen LogP contribution in [0, 0.1) is 5.92 Å². The molecule has 0 N–H and O–H groups in total. The minimum Gasteiger partial charge on any atom is -0.338 e. The van der Waals surface area contributed by atoms with Crippen molar-refractivity contribution >= 4 is 5.91 Å². The minimum atomic E-state index is 0.0786. The molecular formula is C20H23N3O2. The van der Waals surface area contributed by atoms with Crippen LogP contribution in [-0.2, 0) is 24.3 Å². The highest BCUT2D eigenvalue weighted by molar-refractivity contribution is 5.73. The summed E-state index contributed by atoms with van der Waals surface area (Å²) < 4.78 is 1.99. The van der Waals surface area contributed by atoms with Gasteiger partial charge in [-0.15, -0.1) is 0 Å². The van der Waals surface area contributed by atoms with E-state index in [1.807, 2.05) is 27.7 Å². The van der Waals surface area contributed by atoms with Crippen molar-refractivity contribution in [2.75, 3.05) is 6.54 Å². The quantitative estimate of drug-likeness (QED) is 0.865. The first-order chi connectivity index (χ1) is 12.1. The molecule has 2 aromatic rings. The van der Waals surface area contributed by atoms with Gasteiger partial charge in [-0.1, -0.05) is 12.5 Å². The van der Waals surface area contributed by atoms with Crippen LogP contribution in [0.1, 0.15) is 37.4 Å². The Morgan fingerprint density at radius 2 is 2.20 bits per heavy atom. The number of amides is 1. The van der Waals surface area contributed by atoms with Crippen molar-refractivity contribution < 1.29 is 4.79 Å². The first-order valence-electron chi connectivity index (χ1n) is 9.05. The van der Waals surface area contributed by atoms with E-state index in [0.29, 0.717) is 24.6 Å². The van der Waals surface area contributed by atoms with Gasteiger partial charge in [0.2, 0.25) is 5.91 Å². The maximum Gasteiger partial charge on any atom is 0.258 e. The average Bonchev–Trinajstić information content (AvgIpc) is 2.59. The summed E-state index contributed by atoms with van der Waals surface area (Å²) in [5, 5.41) is 0. The SMILES string of the molecule is CC(=O)N1CCc2c(cc(-c3cccnc3)c(=O)n2CC2CCC2)C1. The van der Waals surface area contributed by atoms with Gasteiger partial charge in [0.15, 0.2) is 0 Å². The molecule has 5 heteroatoms. The van der Waals surface area contributed by atoms with Gasteiger partial charge in [0.05, 0.1) is 0 Å². The van der Waals surface area contributed by atoms with E-state index in [1.165, 1.54) is 19.3 Å². The zero-order chi connectivity index (χ0) is 17.4. The monoisotopic (exact) mass is 337 g/mol. The maximum absolute atomic E-state index is 13.2. The molecule has 1 amide bonds. The Balaban J connectivity index is 1.83. The largest absolute Gasteiger partial charge is 0.338 e. The second kappa shape index (κ2) is 6.47. The molecule has 25 heavy (non-hydrogen) atoms. The standard InChI is InChI=1S/C20H23N3O2/c1-14(24)22-9-7-19-17(13-22)10-18(16-6-3-8-21-11-16)20(25)23(19)12-15-4-2-5-15/h3,6,8,10-11,15H,2,4-5,7,9,12-13H2,1H3. The van der Waals surface area contributed by atoms with Crippen LogP contribution >= 0.6 is 0 Å². The van der Waals surface area contributed by atoms with Gasteiger partial charge in [-0.3, -0.25) is 14.6 Å². The third-order valence-corrected chi connectivity index (χ3v) is 5.55. The van der Waals surface area contributed by atoms with Gasteiger partial charge in [0.1, 0.15) is 0 Å². The maximum atomic E-state index is 13.2. The number of carbonyl (C=O) groups is 1. The summed E-state index contributed by atoms with van der Waals surface area (Å²) in [5.41, 5.74) is 3.82. The van der Waals surface area contributed by atoms with E-state index in [9.17, 15) is 9.59 Å². The summed E-state index contributed by atoms with van der Waals surface area (Å²) in [5.74, 6) is 0.696. The highest BCUT2D eigenvalue weighted by Gasteiger charge is 2.26. The lowest BCUT2D eigenvalue weighted by atomic mass is 9.85. The van der Waals surface area contributed by atoms with Crippen molar-refractivity contribution in [1.29, 1.82) is 0 Å². The number of fused-ring (bicyclic) bond motifs is 1. The van der Waals surface area contributed by atoms with Gasteiger partial charge in [-0.2, -0.15) is 0 Å². The Hall–Kier alpha value is -2.43. The third-order valence-electron chi connectivity index (χ3n) is 5.55. The van der Waals surface area contributed by atoms with Crippen molar-refractivity contribution in [2.24, 2.45) is 5.92 Å². The summed E-state index contributed by atoms with van der Waals surface area (Å²) in [7, 11) is 0. The number of rotatable bonds is 3. The molecule has 1 saturated carbocycles. The van der Waals surface area contributed by atoms with Crippen LogP contribution < -0.4 is 5.56 Å². The van der Waals surface area contributed by atoms with Crippen LogP contribution in [0.25, 0.3) is 11.1 Å². The van der Waals surface area contributed by atoms with E-state index in [0.717, 1.165) is 29.8 Å². The lowest BCUT2D eigenvalue weighted by molar-refractivity contribution is -0.129. The first-order valence-corrected chi connectivity index (χ1v) is 9.05. The number of carbonyl (C=O) groups excluding carboxylic acids is 1. The number of pyridine rings is 2. The molecule has 2 aromatic heterocycles. The Bertz CT molecular complexity index is 853. The highest BCUT2D eigenvalue weighted by atomic mass is 16.2. The summed E-state index contributed by atoms with van der Waals surface area (Å²) in [6.07, 6.45) is 7.89. The summed E-state index contributed by atoms with van der Waals surface area (Å²) in [6.45, 7) is 3.69. The topological polar surface area (TPSA) is 55.2 Å². The smallest absolute Gasteiger partial charge is 0.258 e. The predicted octanol–water partition coefficient (Wildman–Crippen LogP) is 2.62. The molecule has 130 valence electrons. The van der Waals surface area contributed by atoms with Gasteiger partial charge in [-0.25, -0.2) is 0 Å². The van der Waals surface area contributed by atoms with E-state index >= 15 is 0 Å². The van der Waals surface area contributed by atoms with Gasteiger partial charge in [0.25, 0.3) is 5.56 Å². The zero-order valence-corrected chi connectivity index (χ0v) is 14.6. The fourth-order valence-electron chi connectivity index (χ4n) is 3.84. The van der Waals surface area contributed by atoms with Gasteiger partial charge >= 0.3 is 0 Å². The van der Waals surface area contributed by atoms with Crippen molar-refractivity contribution in [3.63, 3.8) is 0 Å². The molecule has 0 unspecified atom stereocenters. The first kappa shape index (κ1) is 16.1. The van der Waals surface area contributed by atoms with E-state index < -0.39 is 0 Å². The number of nitrogens with zero attached hydrogens (tertiary/aromatic N) is 3. The number of hydrogen-bond donors (Lipinski definition) is 0. The molecule has 1 aliphatic heterocycles. The fraction of sp³-hybridized carbons (Fsp3) is 0.450. The molecule has 1 aliphatic carbocycles. The lowest BCUT2D eigenvalue weighted by Gasteiger charge is -2.33. The summed E-state index contributed by atoms with van der Waals surface area (Å²) in [6, 6.07) is 5.75. The summed E-state index contributed by atoms with van der Waals surface area (Å²) in [4.78, 5) is 31.0. The second-order valence-electron chi connectivity index (χ2n) is 7.17. The molecule has 2 aliphatic rings. The zero-order valence-electron chi connectivity index (χ0n) is 14.6. The Morgan fingerprint density at radius 1 is 1.36 bits per heavy atom. The minimum absolute atomic E-state index is 0.0786. The van der Waals surface area contributed by atoms with Crippen LogP contribution in [0.15, 0.2) is 35.4 Å². The Morgan fingerprint density at radius 3 is 2.84 bits per heavy atom. The van der Waals surface area contributed by atoms with Crippen molar-refractivity contribution in [3.05, 3.63) is 52.2 Å². The van der Waals surface area contributed by atoms with Crippen molar-refractivity contribution in [1.82, 2.24) is 14.5 Å². The van der Waals surface area contributed by atoms with Crippen LogP contribution in [0.3, 0.4) is 0 Å². The Labute approximate surface area is 147 Å². The van der Waals surface area contributed by atoms with E-state index in [2.05, 4.69) is 4.98 Å². The molecule has 0 radical (unpaired) electrons. The van der Waals surface area contributed by atoms with Crippen molar-refractivity contribution in [3.8, 4) is 11.1 Å². The van der Waals surface area contributed by atoms with E-state index in [-0.39, 0.29) is 11.5 Å². The van der Waals surface area contributed by atoms with E-state index in [1.54, 1.807) is 19.3 Å². The van der Waals surface area contributed by atoms with Crippen LogP contribution in [0.2, 0.25) is 0 Å².